The van der Waals surface area contributed by atoms with E-state index in [0.29, 0.717) is 12.3 Å². The fourth-order valence-electron chi connectivity index (χ4n) is 3.67. The Morgan fingerprint density at radius 3 is 2.24 bits per heavy atom. The maximum Gasteiger partial charge on any atom is 0.306 e. The molecule has 2 fully saturated rings. The molecule has 0 amide bonds. The number of rotatable bonds is 3. The van der Waals surface area contributed by atoms with E-state index in [2.05, 4.69) is 0 Å². The van der Waals surface area contributed by atoms with E-state index in [4.69, 9.17) is 4.74 Å². The number of hydrogen-bond donors (Lipinski definition) is 0. The van der Waals surface area contributed by atoms with Gasteiger partial charge in [-0.05, 0) is 44.4 Å². The van der Waals surface area contributed by atoms with Crippen LogP contribution in [-0.4, -0.2) is 11.6 Å². The number of ether oxygens (including phenoxy) is 1. The minimum atomic E-state index is -0.0776. The van der Waals surface area contributed by atoms with Gasteiger partial charge in [0.2, 0.25) is 0 Å². The first kappa shape index (κ1) is 12.9. The highest BCUT2D eigenvalue weighted by molar-refractivity contribution is 5.69. The normalized spacial score (nSPS) is 25.5. The summed E-state index contributed by atoms with van der Waals surface area (Å²) in [6.07, 6.45) is 13.1. The first-order valence-corrected chi connectivity index (χ1v) is 7.49. The highest BCUT2D eigenvalue weighted by Gasteiger charge is 2.43. The third kappa shape index (κ3) is 3.02. The number of hydrogen-bond acceptors (Lipinski definition) is 2. The molecule has 0 saturated heterocycles. The molecule has 2 aliphatic carbocycles. The van der Waals surface area contributed by atoms with E-state index in [9.17, 15) is 4.79 Å². The van der Waals surface area contributed by atoms with Gasteiger partial charge in [0, 0.05) is 6.42 Å². The summed E-state index contributed by atoms with van der Waals surface area (Å²) in [4.78, 5) is 11.7. The molecule has 0 unspecified atom stereocenters. The topological polar surface area (TPSA) is 26.3 Å². The van der Waals surface area contributed by atoms with Gasteiger partial charge in [-0.3, -0.25) is 4.79 Å². The molecule has 2 rings (SSSR count). The van der Waals surface area contributed by atoms with Gasteiger partial charge in [-0.25, -0.2) is 0 Å². The smallest absolute Gasteiger partial charge is 0.306 e. The summed E-state index contributed by atoms with van der Waals surface area (Å²) in [7, 11) is 0. The number of esters is 1. The van der Waals surface area contributed by atoms with Crippen LogP contribution < -0.4 is 0 Å². The lowest BCUT2D eigenvalue weighted by Gasteiger charge is -2.44. The van der Waals surface area contributed by atoms with Crippen LogP contribution in [0, 0.1) is 5.92 Å². The minimum absolute atomic E-state index is 0.0115. The predicted octanol–water partition coefficient (Wildman–Crippen LogP) is 4.22. The fraction of sp³-hybridized carbons (Fsp3) is 0.933. The lowest BCUT2D eigenvalue weighted by molar-refractivity contribution is -0.173. The van der Waals surface area contributed by atoms with E-state index in [1.54, 1.807) is 0 Å². The number of carbonyl (C=O) groups is 1. The summed E-state index contributed by atoms with van der Waals surface area (Å²) < 4.78 is 5.93. The molecule has 2 aliphatic rings. The van der Waals surface area contributed by atoms with E-state index in [0.717, 1.165) is 12.8 Å². The molecule has 0 atom stereocenters. The zero-order valence-electron chi connectivity index (χ0n) is 11.2. The van der Waals surface area contributed by atoms with Crippen molar-refractivity contribution >= 4 is 5.97 Å². The lowest BCUT2D eigenvalue weighted by atomic mass is 9.69. The zero-order valence-corrected chi connectivity index (χ0v) is 11.2. The van der Waals surface area contributed by atoms with E-state index in [1.807, 2.05) is 6.92 Å². The van der Waals surface area contributed by atoms with Crippen LogP contribution >= 0.6 is 0 Å². The molecule has 2 saturated carbocycles. The summed E-state index contributed by atoms with van der Waals surface area (Å²) in [6, 6.07) is 0. The molecule has 2 heteroatoms. The van der Waals surface area contributed by atoms with Crippen molar-refractivity contribution in [1.82, 2.24) is 0 Å². The molecule has 17 heavy (non-hydrogen) atoms. The molecular formula is C15H26O2. The first-order chi connectivity index (χ1) is 8.27. The van der Waals surface area contributed by atoms with Gasteiger partial charge in [0.25, 0.3) is 0 Å². The van der Waals surface area contributed by atoms with Gasteiger partial charge in [-0.2, -0.15) is 0 Å². The first-order valence-electron chi connectivity index (χ1n) is 7.49. The van der Waals surface area contributed by atoms with Gasteiger partial charge >= 0.3 is 5.97 Å². The van der Waals surface area contributed by atoms with Crippen molar-refractivity contribution in [3.05, 3.63) is 0 Å². The Kier molecular flexibility index (Phi) is 4.47. The lowest BCUT2D eigenvalue weighted by Crippen LogP contribution is -2.45. The maximum atomic E-state index is 11.7. The van der Waals surface area contributed by atoms with Crippen LogP contribution in [0.3, 0.4) is 0 Å². The fourth-order valence-corrected chi connectivity index (χ4v) is 3.67. The van der Waals surface area contributed by atoms with Crippen LogP contribution in [0.15, 0.2) is 0 Å². The van der Waals surface area contributed by atoms with Crippen molar-refractivity contribution in [3.63, 3.8) is 0 Å². The molecule has 98 valence electrons. The van der Waals surface area contributed by atoms with Crippen LogP contribution in [0.2, 0.25) is 0 Å². The number of carbonyl (C=O) groups excluding carboxylic acids is 1. The molecule has 0 heterocycles. The summed E-state index contributed by atoms with van der Waals surface area (Å²) >= 11 is 0. The predicted molar refractivity (Wildman–Crippen MR) is 68.8 cm³/mol. The molecule has 0 bridgehead atoms. The third-order valence-electron chi connectivity index (χ3n) is 4.65. The summed E-state index contributed by atoms with van der Waals surface area (Å²) in [5, 5.41) is 0. The van der Waals surface area contributed by atoms with Crippen LogP contribution in [-0.2, 0) is 9.53 Å². The van der Waals surface area contributed by atoms with Crippen LogP contribution in [0.1, 0.15) is 77.6 Å². The SMILES string of the molecule is CCC(=O)OC1(C2CCCCC2)CCCCC1. The summed E-state index contributed by atoms with van der Waals surface area (Å²) in [6.45, 7) is 1.90. The summed E-state index contributed by atoms with van der Waals surface area (Å²) in [5.41, 5.74) is -0.0776. The molecule has 0 aliphatic heterocycles. The average Bonchev–Trinajstić information content (AvgIpc) is 2.40. The van der Waals surface area contributed by atoms with Gasteiger partial charge < -0.3 is 4.74 Å². The van der Waals surface area contributed by atoms with Gasteiger partial charge in [0.05, 0.1) is 0 Å². The van der Waals surface area contributed by atoms with E-state index >= 15 is 0 Å². The van der Waals surface area contributed by atoms with Gasteiger partial charge in [0.1, 0.15) is 5.60 Å². The quantitative estimate of drug-likeness (QED) is 0.688. The molecule has 2 nitrogen and oxygen atoms in total. The minimum Gasteiger partial charge on any atom is -0.459 e. The largest absolute Gasteiger partial charge is 0.459 e. The van der Waals surface area contributed by atoms with Crippen molar-refractivity contribution in [2.75, 3.05) is 0 Å². The Hall–Kier alpha value is -0.530. The molecule has 0 aromatic rings. The molecule has 0 aromatic heterocycles. The Morgan fingerprint density at radius 1 is 1.06 bits per heavy atom. The van der Waals surface area contributed by atoms with E-state index < -0.39 is 0 Å². The Morgan fingerprint density at radius 2 is 1.65 bits per heavy atom. The Labute approximate surface area is 105 Å². The molecular weight excluding hydrogens is 212 g/mol. The zero-order chi connectivity index (χ0) is 12.1. The van der Waals surface area contributed by atoms with Crippen molar-refractivity contribution in [1.29, 1.82) is 0 Å². The highest BCUT2D eigenvalue weighted by atomic mass is 16.6. The standard InChI is InChI=1S/C15H26O2/c1-2-14(16)17-15(11-7-4-8-12-15)13-9-5-3-6-10-13/h13H,2-12H2,1H3. The van der Waals surface area contributed by atoms with E-state index in [-0.39, 0.29) is 11.6 Å². The molecule has 0 spiro atoms. The maximum absolute atomic E-state index is 11.7. The van der Waals surface area contributed by atoms with Gasteiger partial charge in [0.15, 0.2) is 0 Å². The second-order valence-electron chi connectivity index (χ2n) is 5.79. The van der Waals surface area contributed by atoms with Crippen molar-refractivity contribution in [3.8, 4) is 0 Å². The molecule has 0 aromatic carbocycles. The average molecular weight is 238 g/mol. The van der Waals surface area contributed by atoms with Crippen molar-refractivity contribution in [2.45, 2.75) is 83.2 Å². The highest BCUT2D eigenvalue weighted by Crippen LogP contribution is 2.44. The third-order valence-corrected chi connectivity index (χ3v) is 4.65. The Balaban J connectivity index is 2.07. The van der Waals surface area contributed by atoms with Crippen molar-refractivity contribution < 1.29 is 9.53 Å². The molecule has 0 N–H and O–H groups in total. The van der Waals surface area contributed by atoms with E-state index in [1.165, 1.54) is 51.4 Å². The van der Waals surface area contributed by atoms with Crippen LogP contribution in [0.4, 0.5) is 0 Å². The van der Waals surface area contributed by atoms with Gasteiger partial charge in [-0.1, -0.05) is 32.6 Å². The van der Waals surface area contributed by atoms with Gasteiger partial charge in [-0.15, -0.1) is 0 Å². The van der Waals surface area contributed by atoms with Crippen LogP contribution in [0.25, 0.3) is 0 Å². The monoisotopic (exact) mass is 238 g/mol. The second-order valence-corrected chi connectivity index (χ2v) is 5.79. The molecule has 0 radical (unpaired) electrons. The summed E-state index contributed by atoms with van der Waals surface area (Å²) in [5.74, 6) is 0.657. The van der Waals surface area contributed by atoms with Crippen molar-refractivity contribution in [2.24, 2.45) is 5.92 Å². The van der Waals surface area contributed by atoms with Crippen LogP contribution in [0.5, 0.6) is 0 Å². The Bertz CT molecular complexity index is 248. The second kappa shape index (κ2) is 5.88.